The number of ether oxygens (including phenoxy) is 2. The van der Waals surface area contributed by atoms with Gasteiger partial charge in [-0.05, 0) is 97.0 Å². The average Bonchev–Trinajstić information content (AvgIpc) is 3.47. The number of nitrogens with zero attached hydrogens (tertiary/aromatic N) is 5. The van der Waals surface area contributed by atoms with Crippen molar-refractivity contribution in [2.45, 2.75) is 66.1 Å². The molecule has 49 heavy (non-hydrogen) atoms. The lowest BCUT2D eigenvalue weighted by Crippen LogP contribution is -2.44. The molecule has 264 valence electrons. The van der Waals surface area contributed by atoms with Crippen LogP contribution in [0.15, 0.2) is 54.7 Å². The summed E-state index contributed by atoms with van der Waals surface area (Å²) in [6.45, 7) is 18.4. The minimum absolute atomic E-state index is 0.0791. The number of hydrogen-bond acceptors (Lipinski definition) is 10. The van der Waals surface area contributed by atoms with Crippen molar-refractivity contribution >= 4 is 29.4 Å². The van der Waals surface area contributed by atoms with E-state index in [1.807, 2.05) is 65.0 Å². The van der Waals surface area contributed by atoms with Crippen molar-refractivity contribution in [3.8, 4) is 22.9 Å². The topological polar surface area (TPSA) is 134 Å². The fourth-order valence-corrected chi connectivity index (χ4v) is 5.10. The van der Waals surface area contributed by atoms with E-state index >= 15 is 0 Å². The van der Waals surface area contributed by atoms with E-state index in [9.17, 15) is 14.7 Å². The highest BCUT2D eigenvalue weighted by Gasteiger charge is 2.19. The van der Waals surface area contributed by atoms with Gasteiger partial charge >= 0.3 is 0 Å². The zero-order chi connectivity index (χ0) is 35.8. The summed E-state index contributed by atoms with van der Waals surface area (Å²) in [6, 6.07) is 15.6. The Bertz CT molecular complexity index is 1700. The van der Waals surface area contributed by atoms with Gasteiger partial charge in [0.2, 0.25) is 5.88 Å². The van der Waals surface area contributed by atoms with Crippen LogP contribution in [0.4, 0.5) is 11.4 Å². The molecule has 4 aromatic rings. The van der Waals surface area contributed by atoms with E-state index in [0.29, 0.717) is 48.1 Å². The molecule has 12 heteroatoms. The molecule has 1 aliphatic rings. The molecule has 1 saturated heterocycles. The average molecular weight is 674 g/mol. The molecule has 12 nitrogen and oxygen atoms in total. The first-order valence-corrected chi connectivity index (χ1v) is 16.7. The fraction of sp³-hybridized carbons (Fsp3) is 0.459. The second-order valence-corrected chi connectivity index (χ2v) is 13.9. The highest BCUT2D eigenvalue weighted by molar-refractivity contribution is 5.96. The molecular formula is C37H51N7O5. The van der Waals surface area contributed by atoms with Crippen LogP contribution in [-0.2, 0) is 9.53 Å². The molecule has 1 aliphatic heterocycles. The Kier molecular flexibility index (Phi) is 12.2. The number of aromatic nitrogens is 3. The summed E-state index contributed by atoms with van der Waals surface area (Å²) in [4.78, 5) is 31.6. The van der Waals surface area contributed by atoms with Gasteiger partial charge in [-0.3, -0.25) is 9.59 Å². The number of benzene rings is 2. The molecular weight excluding hydrogens is 622 g/mol. The van der Waals surface area contributed by atoms with Crippen molar-refractivity contribution in [2.24, 2.45) is 0 Å². The number of carbonyl (C=O) groups excluding carboxylic acids is 2. The summed E-state index contributed by atoms with van der Waals surface area (Å²) < 4.78 is 12.5. The minimum atomic E-state index is -0.929. The third-order valence-electron chi connectivity index (χ3n) is 7.79. The number of carbonyl (C=O) groups is 2. The largest absolute Gasteiger partial charge is 0.462 e. The number of rotatable bonds is 11. The van der Waals surface area contributed by atoms with Crippen molar-refractivity contribution in [3.63, 3.8) is 0 Å². The molecule has 0 aliphatic carbocycles. The molecule has 0 atom stereocenters. The van der Waals surface area contributed by atoms with Crippen molar-refractivity contribution in [1.29, 1.82) is 0 Å². The Hall–Kier alpha value is -4.68. The lowest BCUT2D eigenvalue weighted by atomic mass is 10.0. The van der Waals surface area contributed by atoms with Crippen molar-refractivity contribution in [3.05, 3.63) is 65.9 Å². The number of aryl methyl sites for hydroxylation is 1. The van der Waals surface area contributed by atoms with Gasteiger partial charge in [-0.2, -0.15) is 0 Å². The predicted molar refractivity (Wildman–Crippen MR) is 194 cm³/mol. The third kappa shape index (κ3) is 10.7. The molecule has 2 aromatic carbocycles. The molecule has 0 radical (unpaired) electrons. The summed E-state index contributed by atoms with van der Waals surface area (Å²) in [5.74, 6) is 0.984. The highest BCUT2D eigenvalue weighted by Crippen LogP contribution is 2.31. The van der Waals surface area contributed by atoms with Gasteiger partial charge in [0.15, 0.2) is 5.65 Å². The number of piperazine rings is 1. The zero-order valence-corrected chi connectivity index (χ0v) is 30.0. The van der Waals surface area contributed by atoms with Gasteiger partial charge < -0.3 is 35.0 Å². The SMILES string of the molecule is CC(C)(C)OC=O.CCCNC(=O)c1ccc(-c2cnc3c(NCC(C)(C)O)cc(Oc4ccc(N5CCN(C)CC5)cc4)nn23)cc1C. The van der Waals surface area contributed by atoms with E-state index in [1.165, 1.54) is 5.69 Å². The molecule has 0 bridgehead atoms. The van der Waals surface area contributed by atoms with Gasteiger partial charge in [0, 0.05) is 62.1 Å². The number of amides is 1. The highest BCUT2D eigenvalue weighted by atomic mass is 16.5. The van der Waals surface area contributed by atoms with Crippen LogP contribution in [0.2, 0.25) is 0 Å². The Labute approximate surface area is 289 Å². The molecule has 1 fully saturated rings. The van der Waals surface area contributed by atoms with Crippen LogP contribution in [0.5, 0.6) is 11.6 Å². The van der Waals surface area contributed by atoms with Crippen molar-refractivity contribution in [1.82, 2.24) is 24.8 Å². The van der Waals surface area contributed by atoms with E-state index in [-0.39, 0.29) is 11.5 Å². The Morgan fingerprint density at radius 1 is 1.02 bits per heavy atom. The number of imidazole rings is 1. The van der Waals surface area contributed by atoms with E-state index in [2.05, 4.69) is 49.3 Å². The van der Waals surface area contributed by atoms with Gasteiger partial charge in [0.05, 0.1) is 23.2 Å². The number of anilines is 2. The molecule has 2 aromatic heterocycles. The quantitative estimate of drug-likeness (QED) is 0.175. The summed E-state index contributed by atoms with van der Waals surface area (Å²) in [6.07, 6.45) is 2.64. The maximum atomic E-state index is 12.6. The van der Waals surface area contributed by atoms with Crippen LogP contribution in [0.3, 0.4) is 0 Å². The van der Waals surface area contributed by atoms with E-state index in [1.54, 1.807) is 30.6 Å². The van der Waals surface area contributed by atoms with E-state index in [4.69, 9.17) is 9.84 Å². The Morgan fingerprint density at radius 3 is 2.29 bits per heavy atom. The standard InChI is InChI=1S/C32H41N7O3.C5H10O2/c1-6-13-33-31(40)26-12-7-23(18-22(26)2)28-20-34-30-27(35-21-32(3,4)41)19-29(36-39(28)30)42-25-10-8-24(9-11-25)38-16-14-37(5)15-17-38;1-5(2,3)7-4-6/h7-12,18-20,35,41H,6,13-17,21H2,1-5H3,(H,33,40);4H,1-3H3. The van der Waals surface area contributed by atoms with Crippen LogP contribution in [0.1, 0.15) is 63.9 Å². The van der Waals surface area contributed by atoms with Crippen molar-refractivity contribution < 1.29 is 24.2 Å². The summed E-state index contributed by atoms with van der Waals surface area (Å²) in [5.41, 5.74) is 4.37. The first-order valence-electron chi connectivity index (χ1n) is 16.7. The molecule has 1 amide bonds. The van der Waals surface area contributed by atoms with Crippen molar-refractivity contribution in [2.75, 3.05) is 56.5 Å². The summed E-state index contributed by atoms with van der Waals surface area (Å²) in [5, 5.41) is 21.4. The number of fused-ring (bicyclic) bond motifs is 1. The number of likely N-dealkylation sites (N-methyl/N-ethyl adjacent to an activating group) is 1. The van der Waals surface area contributed by atoms with Crippen LogP contribution in [0.25, 0.3) is 16.9 Å². The predicted octanol–water partition coefficient (Wildman–Crippen LogP) is 5.53. The van der Waals surface area contributed by atoms with E-state index < -0.39 is 5.60 Å². The first kappa shape index (κ1) is 37.1. The van der Waals surface area contributed by atoms with Crippen LogP contribution in [0, 0.1) is 6.92 Å². The first-order chi connectivity index (χ1) is 23.2. The number of hydrogen-bond donors (Lipinski definition) is 3. The normalized spacial score (nSPS) is 13.8. The summed E-state index contributed by atoms with van der Waals surface area (Å²) in [7, 11) is 2.15. The van der Waals surface area contributed by atoms with E-state index in [0.717, 1.165) is 49.4 Å². The van der Waals surface area contributed by atoms with Gasteiger partial charge in [0.1, 0.15) is 11.4 Å². The van der Waals surface area contributed by atoms with Gasteiger partial charge in [-0.1, -0.05) is 13.0 Å². The smallest absolute Gasteiger partial charge is 0.293 e. The van der Waals surface area contributed by atoms with Gasteiger partial charge in [0.25, 0.3) is 12.4 Å². The monoisotopic (exact) mass is 673 g/mol. The second kappa shape index (κ2) is 16.1. The molecule has 0 spiro atoms. The number of aliphatic hydroxyl groups is 1. The number of nitrogens with one attached hydrogen (secondary N) is 2. The molecule has 3 heterocycles. The minimum Gasteiger partial charge on any atom is -0.462 e. The fourth-order valence-electron chi connectivity index (χ4n) is 5.10. The van der Waals surface area contributed by atoms with Gasteiger partial charge in [-0.15, -0.1) is 5.10 Å². The molecule has 5 rings (SSSR count). The Morgan fingerprint density at radius 2 is 1.71 bits per heavy atom. The zero-order valence-electron chi connectivity index (χ0n) is 30.0. The van der Waals surface area contributed by atoms with Crippen LogP contribution < -0.4 is 20.3 Å². The summed E-state index contributed by atoms with van der Waals surface area (Å²) >= 11 is 0. The van der Waals surface area contributed by atoms with Crippen LogP contribution in [-0.4, -0.2) is 94.5 Å². The van der Waals surface area contributed by atoms with Crippen LogP contribution >= 0.6 is 0 Å². The maximum absolute atomic E-state index is 12.6. The lowest BCUT2D eigenvalue weighted by molar-refractivity contribution is -0.138. The second-order valence-electron chi connectivity index (χ2n) is 13.9. The third-order valence-corrected chi connectivity index (χ3v) is 7.79. The molecule has 0 saturated carbocycles. The Balaban J connectivity index is 0.000000698. The molecule has 0 unspecified atom stereocenters. The lowest BCUT2D eigenvalue weighted by Gasteiger charge is -2.34. The molecule has 3 N–H and O–H groups in total. The van der Waals surface area contributed by atoms with Gasteiger partial charge in [-0.25, -0.2) is 9.50 Å². The maximum Gasteiger partial charge on any atom is 0.293 e.